The predicted molar refractivity (Wildman–Crippen MR) is 57.1 cm³/mol. The van der Waals surface area contributed by atoms with Crippen molar-refractivity contribution in [2.45, 2.75) is 27.7 Å². The van der Waals surface area contributed by atoms with Gasteiger partial charge in [0.15, 0.2) is 0 Å². The van der Waals surface area contributed by atoms with E-state index >= 15 is 0 Å². The molecule has 0 aliphatic heterocycles. The van der Waals surface area contributed by atoms with Crippen LogP contribution in [0.2, 0.25) is 0 Å². The Morgan fingerprint density at radius 3 is 1.33 bits per heavy atom. The third-order valence-electron chi connectivity index (χ3n) is 1.70. The fraction of sp³-hybridized carbons (Fsp3) is 0.333. The van der Waals surface area contributed by atoms with Crippen LogP contribution in [0.4, 0.5) is 0 Å². The molecule has 0 aliphatic rings. The Hall–Kier alpha value is -1.04. The summed E-state index contributed by atoms with van der Waals surface area (Å²) in [5.74, 6) is 0. The van der Waals surface area contributed by atoms with Crippen LogP contribution in [0.1, 0.15) is 27.7 Å². The van der Waals surface area contributed by atoms with E-state index in [0.29, 0.717) is 0 Å². The van der Waals surface area contributed by atoms with Crippen molar-refractivity contribution < 1.29 is 0 Å². The lowest BCUT2D eigenvalue weighted by Gasteiger charge is -1.96. The van der Waals surface area contributed by atoms with Gasteiger partial charge in [-0.3, -0.25) is 0 Å². The van der Waals surface area contributed by atoms with Gasteiger partial charge in [-0.1, -0.05) is 36.5 Å². The van der Waals surface area contributed by atoms with E-state index in [1.54, 1.807) is 0 Å². The van der Waals surface area contributed by atoms with Gasteiger partial charge in [-0.2, -0.15) is 0 Å². The van der Waals surface area contributed by atoms with Crippen LogP contribution < -0.4 is 0 Å². The smallest absolute Gasteiger partial charge is 0.0395 e. The molecule has 0 aromatic heterocycles. The summed E-state index contributed by atoms with van der Waals surface area (Å²) in [4.78, 5) is 0. The normalized spacial score (nSPS) is 15.0. The van der Waals surface area contributed by atoms with Crippen LogP contribution in [0.3, 0.4) is 0 Å². The predicted octanol–water partition coefficient (Wildman–Crippen LogP) is 4.03. The molecule has 66 valence electrons. The number of rotatable bonds is 3. The summed E-state index contributed by atoms with van der Waals surface area (Å²) >= 11 is 0. The molecule has 0 amide bonds. The Labute approximate surface area is 76.0 Å². The quantitative estimate of drug-likeness (QED) is 0.549. The van der Waals surface area contributed by atoms with Crippen molar-refractivity contribution >= 4 is 0 Å². The first-order valence-electron chi connectivity index (χ1n) is 4.32. The van der Waals surface area contributed by atoms with Crippen molar-refractivity contribution in [1.82, 2.24) is 0 Å². The highest BCUT2D eigenvalue weighted by molar-refractivity contribution is 5.32. The number of allylic oxidation sites excluding steroid dienone is 8. The van der Waals surface area contributed by atoms with E-state index in [9.17, 15) is 0 Å². The monoisotopic (exact) mass is 162 g/mol. The summed E-state index contributed by atoms with van der Waals surface area (Å²) in [6.07, 6.45) is 12.4. The second kappa shape index (κ2) is 6.66. The molecule has 0 heterocycles. The third-order valence-corrected chi connectivity index (χ3v) is 1.70. The second-order valence-corrected chi connectivity index (χ2v) is 2.75. The number of hydrogen-bond acceptors (Lipinski definition) is 0. The maximum atomic E-state index is 2.12. The lowest BCUT2D eigenvalue weighted by Crippen LogP contribution is -1.76. The molecule has 0 fully saturated rings. The topological polar surface area (TPSA) is 0 Å². The van der Waals surface area contributed by atoms with Crippen molar-refractivity contribution in [3.05, 3.63) is 47.6 Å². The Morgan fingerprint density at radius 2 is 1.08 bits per heavy atom. The molecule has 0 aliphatic carbocycles. The molecule has 12 heavy (non-hydrogen) atoms. The van der Waals surface area contributed by atoms with Crippen LogP contribution in [0.5, 0.6) is 0 Å². The molecule has 0 saturated carbocycles. The first-order chi connectivity index (χ1) is 5.72. The molecule has 0 rings (SSSR count). The maximum absolute atomic E-state index is 2.12. The first-order valence-corrected chi connectivity index (χ1v) is 4.32. The van der Waals surface area contributed by atoms with E-state index in [4.69, 9.17) is 0 Å². The zero-order valence-corrected chi connectivity index (χ0v) is 8.46. The standard InChI is InChI=1S/C12H18/c1-5-7-9-11(3)12(4)10-8-6-2/h5-10H,1-4H3/b7-5-,8-6-,11-9-,12-10+. The van der Waals surface area contributed by atoms with Gasteiger partial charge >= 0.3 is 0 Å². The van der Waals surface area contributed by atoms with Crippen LogP contribution in [-0.2, 0) is 0 Å². The lowest BCUT2D eigenvalue weighted by atomic mass is 10.1. The SMILES string of the molecule is C\C=C/C=C(C)\C(C)=C\C=C/C. The van der Waals surface area contributed by atoms with E-state index in [-0.39, 0.29) is 0 Å². The minimum absolute atomic E-state index is 1.31. The van der Waals surface area contributed by atoms with Crippen LogP contribution in [0, 0.1) is 0 Å². The molecule has 0 aromatic rings. The second-order valence-electron chi connectivity index (χ2n) is 2.75. The molecule has 0 bridgehead atoms. The molecule has 0 aromatic carbocycles. The van der Waals surface area contributed by atoms with Gasteiger partial charge in [0.05, 0.1) is 0 Å². The van der Waals surface area contributed by atoms with Gasteiger partial charge in [0.25, 0.3) is 0 Å². The van der Waals surface area contributed by atoms with E-state index in [1.165, 1.54) is 11.1 Å². The van der Waals surface area contributed by atoms with E-state index in [2.05, 4.69) is 38.2 Å². The van der Waals surface area contributed by atoms with Gasteiger partial charge in [0, 0.05) is 0 Å². The molecular formula is C12H18. The molecule has 0 spiro atoms. The molecular weight excluding hydrogens is 144 g/mol. The summed E-state index contributed by atoms with van der Waals surface area (Å²) in [7, 11) is 0. The van der Waals surface area contributed by atoms with Crippen LogP contribution in [-0.4, -0.2) is 0 Å². The van der Waals surface area contributed by atoms with Gasteiger partial charge in [-0.25, -0.2) is 0 Å². The molecule has 0 N–H and O–H groups in total. The average Bonchev–Trinajstić information content (AvgIpc) is 2.10. The van der Waals surface area contributed by atoms with Gasteiger partial charge in [0.2, 0.25) is 0 Å². The van der Waals surface area contributed by atoms with E-state index in [1.807, 2.05) is 26.0 Å². The van der Waals surface area contributed by atoms with Crippen molar-refractivity contribution in [3.8, 4) is 0 Å². The van der Waals surface area contributed by atoms with Gasteiger partial charge < -0.3 is 0 Å². The zero-order valence-electron chi connectivity index (χ0n) is 8.46. The molecule has 0 unspecified atom stereocenters. The third kappa shape index (κ3) is 4.73. The van der Waals surface area contributed by atoms with Gasteiger partial charge in [-0.15, -0.1) is 0 Å². The highest BCUT2D eigenvalue weighted by atomic mass is 13.9. The van der Waals surface area contributed by atoms with Crippen molar-refractivity contribution in [2.24, 2.45) is 0 Å². The summed E-state index contributed by atoms with van der Waals surface area (Å²) < 4.78 is 0. The molecule has 0 radical (unpaired) electrons. The fourth-order valence-corrected chi connectivity index (χ4v) is 0.744. The molecule has 0 saturated heterocycles. The Kier molecular flexibility index (Phi) is 6.08. The van der Waals surface area contributed by atoms with Crippen LogP contribution in [0.25, 0.3) is 0 Å². The lowest BCUT2D eigenvalue weighted by molar-refractivity contribution is 1.34. The van der Waals surface area contributed by atoms with Crippen molar-refractivity contribution in [1.29, 1.82) is 0 Å². The minimum atomic E-state index is 1.31. The summed E-state index contributed by atoms with van der Waals surface area (Å²) in [6, 6.07) is 0. The van der Waals surface area contributed by atoms with Crippen LogP contribution >= 0.6 is 0 Å². The highest BCUT2D eigenvalue weighted by Crippen LogP contribution is 2.07. The summed E-state index contributed by atoms with van der Waals surface area (Å²) in [5.41, 5.74) is 2.62. The summed E-state index contributed by atoms with van der Waals surface area (Å²) in [6.45, 7) is 8.29. The largest absolute Gasteiger partial charge is 0.0877 e. The molecule has 0 atom stereocenters. The maximum Gasteiger partial charge on any atom is -0.0395 e. The van der Waals surface area contributed by atoms with Gasteiger partial charge in [-0.05, 0) is 38.8 Å². The Balaban J connectivity index is 4.36. The van der Waals surface area contributed by atoms with Crippen molar-refractivity contribution in [3.63, 3.8) is 0 Å². The minimum Gasteiger partial charge on any atom is -0.0877 e. The Morgan fingerprint density at radius 1 is 0.750 bits per heavy atom. The average molecular weight is 162 g/mol. The highest BCUT2D eigenvalue weighted by Gasteiger charge is 1.87. The van der Waals surface area contributed by atoms with Crippen LogP contribution in [0.15, 0.2) is 47.6 Å². The fourth-order valence-electron chi connectivity index (χ4n) is 0.744. The Bertz CT molecular complexity index is 198. The zero-order chi connectivity index (χ0) is 9.40. The van der Waals surface area contributed by atoms with Gasteiger partial charge in [0.1, 0.15) is 0 Å². The molecule has 0 nitrogen and oxygen atoms in total. The molecule has 0 heteroatoms. The van der Waals surface area contributed by atoms with E-state index < -0.39 is 0 Å². The first kappa shape index (κ1) is 11.0. The summed E-state index contributed by atoms with van der Waals surface area (Å²) in [5, 5.41) is 0. The number of hydrogen-bond donors (Lipinski definition) is 0. The van der Waals surface area contributed by atoms with E-state index in [0.717, 1.165) is 0 Å². The van der Waals surface area contributed by atoms with Crippen molar-refractivity contribution in [2.75, 3.05) is 0 Å².